The summed E-state index contributed by atoms with van der Waals surface area (Å²) in [7, 11) is 0. The smallest absolute Gasteiger partial charge is 0.274 e. The minimum atomic E-state index is 0.0169. The maximum atomic E-state index is 12.9. The van der Waals surface area contributed by atoms with Gasteiger partial charge in [0.2, 0.25) is 0 Å². The summed E-state index contributed by atoms with van der Waals surface area (Å²) < 4.78 is 2.46. The number of benzene rings is 2. The average molecular weight is 375 g/mol. The van der Waals surface area contributed by atoms with Crippen LogP contribution < -0.4 is 15.0 Å². The van der Waals surface area contributed by atoms with E-state index in [2.05, 4.69) is 35.0 Å². The van der Waals surface area contributed by atoms with Crippen molar-refractivity contribution < 1.29 is 0 Å². The lowest BCUT2D eigenvalue weighted by atomic mass is 10.1. The molecule has 0 aliphatic carbocycles. The second-order valence-corrected chi connectivity index (χ2v) is 8.23. The number of hydrogen-bond acceptors (Lipinski definition) is 4. The van der Waals surface area contributed by atoms with Crippen LogP contribution in [0.3, 0.4) is 0 Å². The van der Waals surface area contributed by atoms with Crippen molar-refractivity contribution in [2.24, 2.45) is 0 Å². The quantitative estimate of drug-likeness (QED) is 0.535. The molecule has 2 aromatic carbocycles. The number of aryl methyl sites for hydroxylation is 1. The summed E-state index contributed by atoms with van der Waals surface area (Å²) in [6, 6.07) is 14.4. The molecule has 4 aromatic rings. The fraction of sp³-hybridized carbons (Fsp3) is 0.273. The minimum Gasteiger partial charge on any atom is -0.372 e. The van der Waals surface area contributed by atoms with Gasteiger partial charge in [0.25, 0.3) is 5.56 Å². The summed E-state index contributed by atoms with van der Waals surface area (Å²) in [5.74, 6) is 0. The van der Waals surface area contributed by atoms with Gasteiger partial charge in [0.1, 0.15) is 0 Å². The summed E-state index contributed by atoms with van der Waals surface area (Å²) in [4.78, 5) is 20.7. The molecule has 1 fully saturated rings. The highest BCUT2D eigenvalue weighted by atomic mass is 32.1. The summed E-state index contributed by atoms with van der Waals surface area (Å²) in [5, 5.41) is 0. The summed E-state index contributed by atoms with van der Waals surface area (Å²) in [6.07, 6.45) is 5.89. The van der Waals surface area contributed by atoms with Crippen LogP contribution in [0.1, 0.15) is 30.4 Å². The lowest BCUT2D eigenvalue weighted by Crippen LogP contribution is -2.29. The first-order valence-corrected chi connectivity index (χ1v) is 10.3. The van der Waals surface area contributed by atoms with Crippen molar-refractivity contribution in [1.29, 1.82) is 0 Å². The van der Waals surface area contributed by atoms with Gasteiger partial charge in [0, 0.05) is 18.8 Å². The van der Waals surface area contributed by atoms with Crippen LogP contribution in [0.25, 0.3) is 22.1 Å². The number of aromatic nitrogens is 2. The molecule has 2 aromatic heterocycles. The van der Waals surface area contributed by atoms with Crippen LogP contribution in [0.4, 0.5) is 5.69 Å². The molecular formula is C22H21N3OS. The highest BCUT2D eigenvalue weighted by Gasteiger charge is 2.13. The first kappa shape index (κ1) is 16.5. The van der Waals surface area contributed by atoms with E-state index in [0.29, 0.717) is 0 Å². The van der Waals surface area contributed by atoms with Crippen molar-refractivity contribution in [3.8, 4) is 0 Å². The van der Waals surface area contributed by atoms with Crippen LogP contribution in [0, 0.1) is 6.92 Å². The third-order valence-corrected chi connectivity index (χ3v) is 6.38. The fourth-order valence-electron chi connectivity index (χ4n) is 3.92. The highest BCUT2D eigenvalue weighted by Crippen LogP contribution is 2.23. The lowest BCUT2D eigenvalue weighted by Gasteiger charge is -2.29. The predicted molar refractivity (Wildman–Crippen MR) is 113 cm³/mol. The molecule has 1 aliphatic rings. The fourth-order valence-corrected chi connectivity index (χ4v) is 4.90. The first-order valence-electron chi connectivity index (χ1n) is 9.48. The van der Waals surface area contributed by atoms with E-state index in [1.165, 1.54) is 41.9 Å². The van der Waals surface area contributed by atoms with Gasteiger partial charge in [-0.2, -0.15) is 0 Å². The van der Waals surface area contributed by atoms with Crippen LogP contribution in [0.15, 0.2) is 47.3 Å². The zero-order chi connectivity index (χ0) is 18.4. The third-order valence-electron chi connectivity index (χ3n) is 5.41. The highest BCUT2D eigenvalue weighted by molar-refractivity contribution is 7.15. The molecule has 4 nitrogen and oxygen atoms in total. The van der Waals surface area contributed by atoms with Crippen molar-refractivity contribution >= 4 is 39.1 Å². The minimum absolute atomic E-state index is 0.0169. The number of imidazole rings is 1. The summed E-state index contributed by atoms with van der Waals surface area (Å²) >= 11 is 1.46. The number of piperidine rings is 1. The predicted octanol–water partition coefficient (Wildman–Crippen LogP) is 3.76. The molecule has 0 radical (unpaired) electrons. The molecule has 5 rings (SSSR count). The standard InChI is InChI=1S/C22H21N3OS/c1-15-13-17(24-11-5-2-6-12-24)10-9-16(15)14-20-21(26)25-19-8-4-3-7-18(19)23-22(25)27-20/h3-4,7-10,13-14H,2,5-6,11-12H2,1H3/b20-14-. The Balaban J connectivity index is 1.58. The van der Waals surface area contributed by atoms with Gasteiger partial charge in [0.05, 0.1) is 15.6 Å². The Hall–Kier alpha value is -2.66. The molecule has 136 valence electrons. The molecule has 0 bridgehead atoms. The van der Waals surface area contributed by atoms with Crippen LogP contribution in [0.2, 0.25) is 0 Å². The topological polar surface area (TPSA) is 37.6 Å². The van der Waals surface area contributed by atoms with Gasteiger partial charge in [0.15, 0.2) is 4.96 Å². The molecule has 27 heavy (non-hydrogen) atoms. The van der Waals surface area contributed by atoms with E-state index in [1.807, 2.05) is 30.3 Å². The van der Waals surface area contributed by atoms with Gasteiger partial charge < -0.3 is 4.90 Å². The zero-order valence-electron chi connectivity index (χ0n) is 15.3. The normalized spacial score (nSPS) is 15.9. The van der Waals surface area contributed by atoms with Crippen molar-refractivity contribution in [3.63, 3.8) is 0 Å². The number of anilines is 1. The Morgan fingerprint density at radius 2 is 1.89 bits per heavy atom. The molecule has 0 unspecified atom stereocenters. The van der Waals surface area contributed by atoms with E-state index in [4.69, 9.17) is 0 Å². The Labute approximate surface area is 161 Å². The number of hydrogen-bond donors (Lipinski definition) is 0. The number of rotatable bonds is 2. The van der Waals surface area contributed by atoms with E-state index in [0.717, 1.165) is 39.2 Å². The molecular weight excluding hydrogens is 354 g/mol. The Kier molecular flexibility index (Phi) is 3.97. The first-order chi connectivity index (χ1) is 13.2. The molecule has 0 amide bonds. The number of fused-ring (bicyclic) bond motifs is 3. The maximum absolute atomic E-state index is 12.9. The largest absolute Gasteiger partial charge is 0.372 e. The molecule has 0 saturated carbocycles. The van der Waals surface area contributed by atoms with E-state index in [9.17, 15) is 4.79 Å². The molecule has 1 saturated heterocycles. The average Bonchev–Trinajstić information content (AvgIpc) is 3.20. The molecule has 0 N–H and O–H groups in total. The zero-order valence-corrected chi connectivity index (χ0v) is 16.1. The van der Waals surface area contributed by atoms with Gasteiger partial charge in [-0.25, -0.2) is 9.38 Å². The lowest BCUT2D eigenvalue weighted by molar-refractivity contribution is 0.578. The van der Waals surface area contributed by atoms with Gasteiger partial charge in [-0.15, -0.1) is 0 Å². The van der Waals surface area contributed by atoms with Gasteiger partial charge in [-0.1, -0.05) is 29.5 Å². The third kappa shape index (κ3) is 2.82. The van der Waals surface area contributed by atoms with Crippen LogP contribution >= 0.6 is 11.3 Å². The monoisotopic (exact) mass is 375 g/mol. The molecule has 3 heterocycles. The molecule has 0 atom stereocenters. The molecule has 0 spiro atoms. The van der Waals surface area contributed by atoms with E-state index >= 15 is 0 Å². The van der Waals surface area contributed by atoms with E-state index in [1.54, 1.807) is 4.40 Å². The number of para-hydroxylation sites is 2. The van der Waals surface area contributed by atoms with Crippen LogP contribution in [-0.2, 0) is 0 Å². The van der Waals surface area contributed by atoms with Gasteiger partial charge in [-0.05, 0) is 67.7 Å². The van der Waals surface area contributed by atoms with Gasteiger partial charge >= 0.3 is 0 Å². The van der Waals surface area contributed by atoms with Gasteiger partial charge in [-0.3, -0.25) is 4.79 Å². The van der Waals surface area contributed by atoms with Crippen molar-refractivity contribution in [2.45, 2.75) is 26.2 Å². The SMILES string of the molecule is Cc1cc(N2CCCCC2)ccc1/C=c1\sc2nc3ccccc3n2c1=O. The van der Waals surface area contributed by atoms with Crippen LogP contribution in [-0.4, -0.2) is 22.5 Å². The summed E-state index contributed by atoms with van der Waals surface area (Å²) in [5.41, 5.74) is 5.36. The summed E-state index contributed by atoms with van der Waals surface area (Å²) in [6.45, 7) is 4.41. The molecule has 5 heteroatoms. The second-order valence-electron chi connectivity index (χ2n) is 7.22. The Morgan fingerprint density at radius 1 is 1.07 bits per heavy atom. The molecule has 1 aliphatic heterocycles. The van der Waals surface area contributed by atoms with Crippen molar-refractivity contribution in [1.82, 2.24) is 9.38 Å². The van der Waals surface area contributed by atoms with Crippen molar-refractivity contribution in [3.05, 3.63) is 68.5 Å². The van der Waals surface area contributed by atoms with Crippen molar-refractivity contribution in [2.75, 3.05) is 18.0 Å². The Bertz CT molecular complexity index is 1250. The Morgan fingerprint density at radius 3 is 2.70 bits per heavy atom. The van der Waals surface area contributed by atoms with E-state index in [-0.39, 0.29) is 5.56 Å². The van der Waals surface area contributed by atoms with Crippen LogP contribution in [0.5, 0.6) is 0 Å². The maximum Gasteiger partial charge on any atom is 0.274 e. The van der Waals surface area contributed by atoms with E-state index < -0.39 is 0 Å². The second kappa shape index (κ2) is 6.50. The number of thiazole rings is 1. The number of nitrogens with zero attached hydrogens (tertiary/aromatic N) is 3.